The minimum atomic E-state index is -0.475. The van der Waals surface area contributed by atoms with Gasteiger partial charge in [-0.2, -0.15) is 0 Å². The van der Waals surface area contributed by atoms with Crippen molar-refractivity contribution in [3.63, 3.8) is 0 Å². The van der Waals surface area contributed by atoms with E-state index in [9.17, 15) is 0 Å². The molecule has 1 aliphatic carbocycles. The molecule has 20 heavy (non-hydrogen) atoms. The Morgan fingerprint density at radius 1 is 1.10 bits per heavy atom. The van der Waals surface area contributed by atoms with E-state index in [2.05, 4.69) is 31.2 Å². The lowest BCUT2D eigenvalue weighted by Crippen LogP contribution is -2.41. The fourth-order valence-electron chi connectivity index (χ4n) is 3.14. The standard InChI is InChI=1S/C17H17Cl2N/c1-11-8-9-17(20,14-5-3-2-4-13(11)14)12-6-7-15(18)16(19)10-12/h2-7,10-11H,8-9,20H2,1H3. The van der Waals surface area contributed by atoms with Crippen molar-refractivity contribution in [1.82, 2.24) is 0 Å². The highest BCUT2D eigenvalue weighted by atomic mass is 35.5. The van der Waals surface area contributed by atoms with Crippen LogP contribution in [0.4, 0.5) is 0 Å². The molecule has 2 atom stereocenters. The lowest BCUT2D eigenvalue weighted by molar-refractivity contribution is 0.412. The van der Waals surface area contributed by atoms with E-state index in [0.717, 1.165) is 18.4 Å². The minimum absolute atomic E-state index is 0.475. The zero-order valence-corrected chi connectivity index (χ0v) is 12.9. The van der Waals surface area contributed by atoms with Gasteiger partial charge in [-0.3, -0.25) is 0 Å². The highest BCUT2D eigenvalue weighted by Crippen LogP contribution is 2.44. The summed E-state index contributed by atoms with van der Waals surface area (Å²) in [6, 6.07) is 14.2. The average Bonchev–Trinajstić information content (AvgIpc) is 2.46. The molecule has 2 aromatic carbocycles. The molecule has 0 aromatic heterocycles. The summed E-state index contributed by atoms with van der Waals surface area (Å²) in [6.45, 7) is 2.26. The van der Waals surface area contributed by atoms with Gasteiger partial charge >= 0.3 is 0 Å². The Bertz CT molecular complexity index is 653. The van der Waals surface area contributed by atoms with Crippen LogP contribution >= 0.6 is 23.2 Å². The van der Waals surface area contributed by atoms with Gasteiger partial charge in [-0.05, 0) is 47.6 Å². The van der Waals surface area contributed by atoms with Gasteiger partial charge in [0.05, 0.1) is 15.6 Å². The molecule has 0 fully saturated rings. The van der Waals surface area contributed by atoms with E-state index in [0.29, 0.717) is 16.0 Å². The summed E-state index contributed by atoms with van der Waals surface area (Å²) >= 11 is 12.2. The van der Waals surface area contributed by atoms with E-state index in [-0.39, 0.29) is 0 Å². The van der Waals surface area contributed by atoms with Gasteiger partial charge < -0.3 is 5.73 Å². The van der Waals surface area contributed by atoms with Crippen molar-refractivity contribution in [3.8, 4) is 0 Å². The highest BCUT2D eigenvalue weighted by Gasteiger charge is 2.36. The van der Waals surface area contributed by atoms with Crippen molar-refractivity contribution in [1.29, 1.82) is 0 Å². The molecule has 0 saturated carbocycles. The molecule has 104 valence electrons. The van der Waals surface area contributed by atoms with Gasteiger partial charge in [0.2, 0.25) is 0 Å². The normalized spacial score (nSPS) is 25.3. The maximum absolute atomic E-state index is 6.77. The molecule has 2 N–H and O–H groups in total. The van der Waals surface area contributed by atoms with Crippen molar-refractivity contribution in [3.05, 3.63) is 69.2 Å². The molecule has 0 heterocycles. The molecule has 0 spiro atoms. The number of rotatable bonds is 1. The highest BCUT2D eigenvalue weighted by molar-refractivity contribution is 6.42. The maximum Gasteiger partial charge on any atom is 0.0669 e. The summed E-state index contributed by atoms with van der Waals surface area (Å²) in [4.78, 5) is 0. The van der Waals surface area contributed by atoms with Crippen LogP contribution in [0.3, 0.4) is 0 Å². The molecule has 2 unspecified atom stereocenters. The number of hydrogen-bond acceptors (Lipinski definition) is 1. The number of nitrogens with two attached hydrogens (primary N) is 1. The van der Waals surface area contributed by atoms with E-state index < -0.39 is 5.54 Å². The maximum atomic E-state index is 6.77. The van der Waals surface area contributed by atoms with Gasteiger partial charge in [-0.25, -0.2) is 0 Å². The SMILES string of the molecule is CC1CCC(N)(c2ccc(Cl)c(Cl)c2)c2ccccc21. The first-order valence-corrected chi connectivity index (χ1v) is 7.62. The van der Waals surface area contributed by atoms with Gasteiger partial charge in [-0.15, -0.1) is 0 Å². The van der Waals surface area contributed by atoms with Crippen LogP contribution in [0.25, 0.3) is 0 Å². The van der Waals surface area contributed by atoms with Crippen LogP contribution in [0, 0.1) is 0 Å². The molecule has 3 rings (SSSR count). The quantitative estimate of drug-likeness (QED) is 0.780. The molecular formula is C17H17Cl2N. The third-order valence-electron chi connectivity index (χ3n) is 4.38. The van der Waals surface area contributed by atoms with Gasteiger partial charge in [0.25, 0.3) is 0 Å². The zero-order chi connectivity index (χ0) is 14.3. The summed E-state index contributed by atoms with van der Waals surface area (Å²) < 4.78 is 0. The third kappa shape index (κ3) is 2.14. The Kier molecular flexibility index (Phi) is 3.53. The lowest BCUT2D eigenvalue weighted by Gasteiger charge is -2.39. The summed E-state index contributed by atoms with van der Waals surface area (Å²) in [6.07, 6.45) is 2.00. The predicted octanol–water partition coefficient (Wildman–Crippen LogP) is 5.09. The Labute approximate surface area is 129 Å². The van der Waals surface area contributed by atoms with Gasteiger partial charge in [0.1, 0.15) is 0 Å². The molecule has 0 aliphatic heterocycles. The second-order valence-electron chi connectivity index (χ2n) is 5.63. The second-order valence-corrected chi connectivity index (χ2v) is 6.44. The second kappa shape index (κ2) is 5.07. The van der Waals surface area contributed by atoms with Crippen LogP contribution in [0.5, 0.6) is 0 Å². The zero-order valence-electron chi connectivity index (χ0n) is 11.4. The monoisotopic (exact) mass is 305 g/mol. The molecule has 0 amide bonds. The van der Waals surface area contributed by atoms with Crippen LogP contribution in [0.15, 0.2) is 42.5 Å². The Balaban J connectivity index is 2.17. The van der Waals surface area contributed by atoms with Crippen LogP contribution < -0.4 is 5.73 Å². The van der Waals surface area contributed by atoms with E-state index in [1.807, 2.05) is 18.2 Å². The number of halogens is 2. The van der Waals surface area contributed by atoms with Gasteiger partial charge in [0, 0.05) is 0 Å². The third-order valence-corrected chi connectivity index (χ3v) is 5.12. The van der Waals surface area contributed by atoms with Crippen molar-refractivity contribution < 1.29 is 0 Å². The topological polar surface area (TPSA) is 26.0 Å². The molecular weight excluding hydrogens is 289 g/mol. The van der Waals surface area contributed by atoms with E-state index in [1.54, 1.807) is 0 Å². The summed E-state index contributed by atoms with van der Waals surface area (Å²) in [5, 5.41) is 1.13. The Hall–Kier alpha value is -1.02. The summed E-state index contributed by atoms with van der Waals surface area (Å²) in [7, 11) is 0. The van der Waals surface area contributed by atoms with Gasteiger partial charge in [0.15, 0.2) is 0 Å². The van der Waals surface area contributed by atoms with Crippen molar-refractivity contribution in [2.24, 2.45) is 5.73 Å². The Morgan fingerprint density at radius 2 is 1.85 bits per heavy atom. The molecule has 3 heteroatoms. The predicted molar refractivity (Wildman–Crippen MR) is 85.5 cm³/mol. The van der Waals surface area contributed by atoms with Crippen LogP contribution in [0.1, 0.15) is 42.4 Å². The van der Waals surface area contributed by atoms with Crippen LogP contribution in [-0.4, -0.2) is 0 Å². The molecule has 2 aromatic rings. The largest absolute Gasteiger partial charge is 0.318 e. The summed E-state index contributed by atoms with van der Waals surface area (Å²) in [5.74, 6) is 0.547. The van der Waals surface area contributed by atoms with Crippen molar-refractivity contribution in [2.45, 2.75) is 31.2 Å². The van der Waals surface area contributed by atoms with E-state index >= 15 is 0 Å². The first kappa shape index (κ1) is 13.9. The summed E-state index contributed by atoms with van der Waals surface area (Å²) in [5.41, 5.74) is 9.88. The fraction of sp³-hybridized carbons (Fsp3) is 0.294. The van der Waals surface area contributed by atoms with Crippen molar-refractivity contribution in [2.75, 3.05) is 0 Å². The lowest BCUT2D eigenvalue weighted by atomic mass is 9.70. The molecule has 0 radical (unpaired) electrons. The number of fused-ring (bicyclic) bond motifs is 1. The van der Waals surface area contributed by atoms with Gasteiger partial charge in [-0.1, -0.05) is 60.5 Å². The number of hydrogen-bond donors (Lipinski definition) is 1. The molecule has 0 bridgehead atoms. The van der Waals surface area contributed by atoms with E-state index in [4.69, 9.17) is 28.9 Å². The van der Waals surface area contributed by atoms with Crippen molar-refractivity contribution >= 4 is 23.2 Å². The smallest absolute Gasteiger partial charge is 0.0669 e. The first-order chi connectivity index (χ1) is 9.52. The van der Waals surface area contributed by atoms with Crippen LogP contribution in [-0.2, 0) is 5.54 Å². The molecule has 1 aliphatic rings. The molecule has 0 saturated heterocycles. The minimum Gasteiger partial charge on any atom is -0.318 e. The first-order valence-electron chi connectivity index (χ1n) is 6.86. The van der Waals surface area contributed by atoms with E-state index in [1.165, 1.54) is 11.1 Å². The molecule has 1 nitrogen and oxygen atoms in total. The fourth-order valence-corrected chi connectivity index (χ4v) is 3.44. The number of benzene rings is 2. The average molecular weight is 306 g/mol. The van der Waals surface area contributed by atoms with Crippen LogP contribution in [0.2, 0.25) is 10.0 Å². The Morgan fingerprint density at radius 3 is 2.60 bits per heavy atom.